The summed E-state index contributed by atoms with van der Waals surface area (Å²) in [5.41, 5.74) is 2.18. The molecule has 1 heterocycles. The van der Waals surface area contributed by atoms with E-state index >= 15 is 0 Å². The van der Waals surface area contributed by atoms with Gasteiger partial charge in [0.25, 0.3) is 0 Å². The number of guanidine groups is 1. The van der Waals surface area contributed by atoms with Crippen LogP contribution in [0.1, 0.15) is 36.9 Å². The van der Waals surface area contributed by atoms with Gasteiger partial charge in [0.1, 0.15) is 0 Å². The molecule has 2 aromatic rings. The average molecular weight is 528 g/mol. The van der Waals surface area contributed by atoms with E-state index in [1.807, 2.05) is 30.3 Å². The molecule has 0 amide bonds. The van der Waals surface area contributed by atoms with Gasteiger partial charge >= 0.3 is 0 Å². The van der Waals surface area contributed by atoms with Gasteiger partial charge in [-0.15, -0.1) is 24.0 Å². The molecular formula is C21H29IN4O2S. The summed E-state index contributed by atoms with van der Waals surface area (Å²) >= 11 is 0. The number of hydrogen-bond acceptors (Lipinski definition) is 3. The van der Waals surface area contributed by atoms with Crippen molar-refractivity contribution in [2.24, 2.45) is 4.99 Å². The van der Waals surface area contributed by atoms with Crippen molar-refractivity contribution in [1.29, 1.82) is 0 Å². The first-order valence-electron chi connectivity index (χ1n) is 9.62. The quantitative estimate of drug-likeness (QED) is 0.342. The van der Waals surface area contributed by atoms with Crippen LogP contribution in [0.25, 0.3) is 0 Å². The van der Waals surface area contributed by atoms with E-state index in [0.29, 0.717) is 30.5 Å². The highest BCUT2D eigenvalue weighted by molar-refractivity contribution is 14.0. The van der Waals surface area contributed by atoms with Gasteiger partial charge < -0.3 is 10.6 Å². The fourth-order valence-corrected chi connectivity index (χ4v) is 4.78. The first kappa shape index (κ1) is 23.6. The van der Waals surface area contributed by atoms with Gasteiger partial charge in [0.2, 0.25) is 10.0 Å². The zero-order chi connectivity index (χ0) is 20.0. The summed E-state index contributed by atoms with van der Waals surface area (Å²) in [6, 6.07) is 17.4. The van der Waals surface area contributed by atoms with Crippen LogP contribution in [0.5, 0.6) is 0 Å². The SMILES string of the molecule is CN=C(NCc1ccc(S(=O)(=O)N2CCCC2)cc1)NC(C)c1ccccc1.I. The molecule has 0 radical (unpaired) electrons. The number of benzene rings is 2. The van der Waals surface area contributed by atoms with Gasteiger partial charge in [-0.1, -0.05) is 42.5 Å². The maximum Gasteiger partial charge on any atom is 0.243 e. The maximum atomic E-state index is 12.6. The molecule has 1 aliphatic rings. The average Bonchev–Trinajstić information content (AvgIpc) is 3.28. The minimum atomic E-state index is -3.36. The van der Waals surface area contributed by atoms with Gasteiger partial charge in [-0.25, -0.2) is 8.42 Å². The van der Waals surface area contributed by atoms with Crippen molar-refractivity contribution in [3.63, 3.8) is 0 Å². The largest absolute Gasteiger partial charge is 0.352 e. The lowest BCUT2D eigenvalue weighted by molar-refractivity contribution is 0.477. The van der Waals surface area contributed by atoms with Crippen molar-refractivity contribution in [2.45, 2.75) is 37.2 Å². The predicted octanol–water partition coefficient (Wildman–Crippen LogP) is 3.52. The van der Waals surface area contributed by atoms with Gasteiger partial charge in [0.05, 0.1) is 10.9 Å². The molecule has 1 fully saturated rings. The molecule has 29 heavy (non-hydrogen) atoms. The monoisotopic (exact) mass is 528 g/mol. The molecule has 8 heteroatoms. The maximum absolute atomic E-state index is 12.6. The second-order valence-corrected chi connectivity index (χ2v) is 8.90. The minimum absolute atomic E-state index is 0. The molecule has 0 bridgehead atoms. The van der Waals surface area contributed by atoms with E-state index in [2.05, 4.69) is 34.7 Å². The smallest absolute Gasteiger partial charge is 0.243 e. The number of nitrogens with one attached hydrogen (secondary N) is 2. The van der Waals surface area contributed by atoms with Crippen molar-refractivity contribution in [3.8, 4) is 0 Å². The Hall–Kier alpha value is -1.65. The van der Waals surface area contributed by atoms with Crippen LogP contribution in [-0.4, -0.2) is 38.8 Å². The molecule has 6 nitrogen and oxygen atoms in total. The van der Waals surface area contributed by atoms with Crippen LogP contribution in [-0.2, 0) is 16.6 Å². The Kier molecular flexibility index (Phi) is 8.91. The lowest BCUT2D eigenvalue weighted by Crippen LogP contribution is -2.38. The first-order chi connectivity index (χ1) is 13.5. The van der Waals surface area contributed by atoms with E-state index in [4.69, 9.17) is 0 Å². The summed E-state index contributed by atoms with van der Waals surface area (Å²) in [7, 11) is -1.63. The van der Waals surface area contributed by atoms with E-state index in [0.717, 1.165) is 18.4 Å². The lowest BCUT2D eigenvalue weighted by Gasteiger charge is -2.18. The number of rotatable bonds is 6. The number of aliphatic imine (C=N–C) groups is 1. The van der Waals surface area contributed by atoms with Crippen LogP contribution in [0, 0.1) is 0 Å². The van der Waals surface area contributed by atoms with E-state index in [-0.39, 0.29) is 30.0 Å². The van der Waals surface area contributed by atoms with Crippen molar-refractivity contribution in [3.05, 3.63) is 65.7 Å². The van der Waals surface area contributed by atoms with Crippen LogP contribution < -0.4 is 10.6 Å². The van der Waals surface area contributed by atoms with Gasteiger partial charge in [-0.3, -0.25) is 4.99 Å². The summed E-state index contributed by atoms with van der Waals surface area (Å²) in [6.45, 7) is 3.88. The Morgan fingerprint density at radius 1 is 1.07 bits per heavy atom. The molecule has 158 valence electrons. The number of nitrogens with zero attached hydrogens (tertiary/aromatic N) is 2. The van der Waals surface area contributed by atoms with E-state index in [9.17, 15) is 8.42 Å². The highest BCUT2D eigenvalue weighted by Crippen LogP contribution is 2.21. The third-order valence-electron chi connectivity index (χ3n) is 4.96. The Balaban J connectivity index is 0.00000300. The standard InChI is InChI=1S/C21H28N4O2S.HI/c1-17(19-8-4-3-5-9-19)24-21(22-2)23-16-18-10-12-20(13-11-18)28(26,27)25-14-6-7-15-25;/h3-5,8-13,17H,6-7,14-16H2,1-2H3,(H2,22,23,24);1H. The molecular weight excluding hydrogens is 499 g/mol. The van der Waals surface area contributed by atoms with Crippen molar-refractivity contribution >= 4 is 40.0 Å². The van der Waals surface area contributed by atoms with Crippen molar-refractivity contribution in [1.82, 2.24) is 14.9 Å². The van der Waals surface area contributed by atoms with E-state index < -0.39 is 10.0 Å². The normalized spacial score (nSPS) is 16.1. The van der Waals surface area contributed by atoms with Crippen LogP contribution in [0.15, 0.2) is 64.5 Å². The van der Waals surface area contributed by atoms with Crippen LogP contribution in [0.2, 0.25) is 0 Å². The molecule has 1 aliphatic heterocycles. The Labute approximate surface area is 190 Å². The Morgan fingerprint density at radius 3 is 2.28 bits per heavy atom. The summed E-state index contributed by atoms with van der Waals surface area (Å²) in [5.74, 6) is 0.699. The number of sulfonamides is 1. The molecule has 0 saturated carbocycles. The fourth-order valence-electron chi connectivity index (χ4n) is 3.27. The van der Waals surface area contributed by atoms with Crippen LogP contribution in [0.4, 0.5) is 0 Å². The molecule has 1 saturated heterocycles. The molecule has 2 N–H and O–H groups in total. The molecule has 2 aromatic carbocycles. The first-order valence-corrected chi connectivity index (χ1v) is 11.1. The lowest BCUT2D eigenvalue weighted by atomic mass is 10.1. The fraction of sp³-hybridized carbons (Fsp3) is 0.381. The zero-order valence-corrected chi connectivity index (χ0v) is 20.0. The summed E-state index contributed by atoms with van der Waals surface area (Å²) in [5, 5.41) is 6.64. The van der Waals surface area contributed by atoms with Crippen LogP contribution in [0.3, 0.4) is 0 Å². The minimum Gasteiger partial charge on any atom is -0.352 e. The van der Waals surface area contributed by atoms with Crippen LogP contribution >= 0.6 is 24.0 Å². The highest BCUT2D eigenvalue weighted by Gasteiger charge is 2.26. The van der Waals surface area contributed by atoms with Crippen molar-refractivity contribution < 1.29 is 8.42 Å². The molecule has 0 aromatic heterocycles. The topological polar surface area (TPSA) is 73.8 Å². The number of hydrogen-bond donors (Lipinski definition) is 2. The van der Waals surface area contributed by atoms with Gasteiger partial charge in [0.15, 0.2) is 5.96 Å². The van der Waals surface area contributed by atoms with Gasteiger partial charge in [-0.2, -0.15) is 4.31 Å². The molecule has 0 spiro atoms. The summed E-state index contributed by atoms with van der Waals surface area (Å²) < 4.78 is 26.8. The van der Waals surface area contributed by atoms with Crippen molar-refractivity contribution in [2.75, 3.05) is 20.1 Å². The second-order valence-electron chi connectivity index (χ2n) is 6.96. The highest BCUT2D eigenvalue weighted by atomic mass is 127. The molecule has 1 atom stereocenters. The van der Waals surface area contributed by atoms with E-state index in [1.54, 1.807) is 23.5 Å². The summed E-state index contributed by atoms with van der Waals surface area (Å²) in [4.78, 5) is 4.63. The Bertz CT molecular complexity index is 896. The summed E-state index contributed by atoms with van der Waals surface area (Å²) in [6.07, 6.45) is 1.88. The third kappa shape index (κ3) is 6.16. The Morgan fingerprint density at radius 2 is 1.69 bits per heavy atom. The van der Waals surface area contributed by atoms with Gasteiger partial charge in [-0.05, 0) is 43.0 Å². The van der Waals surface area contributed by atoms with E-state index in [1.165, 1.54) is 5.56 Å². The second kappa shape index (κ2) is 10.9. The zero-order valence-electron chi connectivity index (χ0n) is 16.8. The molecule has 1 unspecified atom stereocenters. The molecule has 3 rings (SSSR count). The predicted molar refractivity (Wildman–Crippen MR) is 128 cm³/mol. The third-order valence-corrected chi connectivity index (χ3v) is 6.88. The van der Waals surface area contributed by atoms with Gasteiger partial charge in [0, 0.05) is 26.7 Å². The molecule has 0 aliphatic carbocycles. The number of halogens is 1.